The van der Waals surface area contributed by atoms with Crippen LogP contribution < -0.4 is 5.32 Å². The van der Waals surface area contributed by atoms with Crippen LogP contribution in [0.1, 0.15) is 47.5 Å². The van der Waals surface area contributed by atoms with E-state index in [0.717, 1.165) is 12.5 Å². The van der Waals surface area contributed by atoms with Crippen molar-refractivity contribution in [2.75, 3.05) is 31.9 Å². The minimum Gasteiger partial charge on any atom is -0.313 e. The second kappa shape index (κ2) is 7.76. The zero-order chi connectivity index (χ0) is 13.6. The van der Waals surface area contributed by atoms with Gasteiger partial charge in [-0.2, -0.15) is 11.8 Å². The Labute approximate surface area is 118 Å². The molecule has 18 heavy (non-hydrogen) atoms. The molecule has 0 saturated carbocycles. The first kappa shape index (κ1) is 16.3. The summed E-state index contributed by atoms with van der Waals surface area (Å²) in [6.07, 6.45) is 2.64. The Bertz CT molecular complexity index is 229. The van der Waals surface area contributed by atoms with Gasteiger partial charge in [-0.15, -0.1) is 0 Å². The zero-order valence-corrected chi connectivity index (χ0v) is 13.8. The van der Waals surface area contributed by atoms with E-state index in [9.17, 15) is 0 Å². The number of nitrogens with one attached hydrogen (secondary N) is 1. The largest absolute Gasteiger partial charge is 0.313 e. The van der Waals surface area contributed by atoms with Crippen LogP contribution in [-0.4, -0.2) is 47.6 Å². The van der Waals surface area contributed by atoms with Gasteiger partial charge in [0.2, 0.25) is 0 Å². The first-order chi connectivity index (χ1) is 8.39. The lowest BCUT2D eigenvalue weighted by Crippen LogP contribution is -2.46. The van der Waals surface area contributed by atoms with Crippen LogP contribution in [0.5, 0.6) is 0 Å². The molecule has 0 aliphatic carbocycles. The summed E-state index contributed by atoms with van der Waals surface area (Å²) >= 11 is 2.11. The lowest BCUT2D eigenvalue weighted by molar-refractivity contribution is 0.255. The van der Waals surface area contributed by atoms with E-state index in [0.29, 0.717) is 10.8 Å². The van der Waals surface area contributed by atoms with E-state index in [1.807, 2.05) is 0 Å². The van der Waals surface area contributed by atoms with Gasteiger partial charge in [-0.3, -0.25) is 4.90 Å². The van der Waals surface area contributed by atoms with Crippen molar-refractivity contribution in [2.45, 2.75) is 58.2 Å². The van der Waals surface area contributed by atoms with Crippen molar-refractivity contribution in [3.8, 4) is 0 Å². The molecular weight excluding hydrogens is 240 g/mol. The Kier molecular flexibility index (Phi) is 7.04. The van der Waals surface area contributed by atoms with Gasteiger partial charge >= 0.3 is 0 Å². The van der Waals surface area contributed by atoms with Crippen molar-refractivity contribution in [1.29, 1.82) is 0 Å². The summed E-state index contributed by atoms with van der Waals surface area (Å²) in [6.45, 7) is 16.5. The quantitative estimate of drug-likeness (QED) is 0.766. The first-order valence-electron chi connectivity index (χ1n) is 7.49. The fourth-order valence-corrected chi connectivity index (χ4v) is 3.64. The standard InChI is InChI=1S/C15H32N2S/c1-13(2)6-7-14(3)16-8-9-17-10-11-18-15(4,5)12-17/h13-14,16H,6-12H2,1-5H3. The van der Waals surface area contributed by atoms with E-state index < -0.39 is 0 Å². The number of thioether (sulfide) groups is 1. The summed E-state index contributed by atoms with van der Waals surface area (Å²) < 4.78 is 0.446. The molecular formula is C15H32N2S. The summed E-state index contributed by atoms with van der Waals surface area (Å²) in [5.74, 6) is 2.12. The Balaban J connectivity index is 2.10. The molecule has 0 amide bonds. The van der Waals surface area contributed by atoms with Crippen LogP contribution in [0.2, 0.25) is 0 Å². The van der Waals surface area contributed by atoms with Gasteiger partial charge in [0, 0.05) is 42.7 Å². The predicted octanol–water partition coefficient (Wildman–Crippen LogP) is 3.23. The highest BCUT2D eigenvalue weighted by Gasteiger charge is 2.26. The second-order valence-corrected chi connectivity index (χ2v) is 8.51. The van der Waals surface area contributed by atoms with Crippen LogP contribution in [-0.2, 0) is 0 Å². The van der Waals surface area contributed by atoms with Gasteiger partial charge in [0.25, 0.3) is 0 Å². The fourth-order valence-electron chi connectivity index (χ4n) is 2.46. The summed E-state index contributed by atoms with van der Waals surface area (Å²) in [6, 6.07) is 0.666. The Morgan fingerprint density at radius 1 is 1.22 bits per heavy atom. The highest BCUT2D eigenvalue weighted by atomic mass is 32.2. The number of hydrogen-bond donors (Lipinski definition) is 1. The van der Waals surface area contributed by atoms with Crippen molar-refractivity contribution in [3.05, 3.63) is 0 Å². The lowest BCUT2D eigenvalue weighted by atomic mass is 10.0. The molecule has 1 aliphatic rings. The summed E-state index contributed by atoms with van der Waals surface area (Å²) in [7, 11) is 0. The van der Waals surface area contributed by atoms with Crippen molar-refractivity contribution < 1.29 is 0 Å². The highest BCUT2D eigenvalue weighted by Crippen LogP contribution is 2.29. The van der Waals surface area contributed by atoms with E-state index in [1.54, 1.807) is 0 Å². The zero-order valence-electron chi connectivity index (χ0n) is 13.0. The van der Waals surface area contributed by atoms with E-state index in [2.05, 4.69) is 56.6 Å². The highest BCUT2D eigenvalue weighted by molar-refractivity contribution is 8.00. The van der Waals surface area contributed by atoms with Gasteiger partial charge in [-0.1, -0.05) is 13.8 Å². The number of rotatable bonds is 7. The molecule has 1 saturated heterocycles. The molecule has 0 aromatic rings. The average Bonchev–Trinajstić information content (AvgIpc) is 2.25. The molecule has 1 atom stereocenters. The molecule has 2 nitrogen and oxygen atoms in total. The molecule has 1 aliphatic heterocycles. The number of nitrogens with zero attached hydrogens (tertiary/aromatic N) is 1. The van der Waals surface area contributed by atoms with Crippen molar-refractivity contribution in [1.82, 2.24) is 10.2 Å². The summed E-state index contributed by atoms with van der Waals surface area (Å²) in [5.41, 5.74) is 0. The van der Waals surface area contributed by atoms with Crippen LogP contribution in [0.15, 0.2) is 0 Å². The van der Waals surface area contributed by atoms with E-state index in [-0.39, 0.29) is 0 Å². The molecule has 0 aromatic carbocycles. The molecule has 0 radical (unpaired) electrons. The van der Waals surface area contributed by atoms with Crippen molar-refractivity contribution in [3.63, 3.8) is 0 Å². The minimum atomic E-state index is 0.446. The fraction of sp³-hybridized carbons (Fsp3) is 1.00. The SMILES string of the molecule is CC(C)CCC(C)NCCN1CCSC(C)(C)C1. The van der Waals surface area contributed by atoms with Crippen LogP contribution >= 0.6 is 11.8 Å². The molecule has 3 heteroatoms. The Morgan fingerprint density at radius 3 is 2.56 bits per heavy atom. The Morgan fingerprint density at radius 2 is 1.94 bits per heavy atom. The second-order valence-electron chi connectivity index (χ2n) is 6.71. The van der Waals surface area contributed by atoms with Crippen LogP contribution in [0.3, 0.4) is 0 Å². The third kappa shape index (κ3) is 7.01. The van der Waals surface area contributed by atoms with Crippen LogP contribution in [0.4, 0.5) is 0 Å². The number of hydrogen-bond acceptors (Lipinski definition) is 3. The maximum absolute atomic E-state index is 3.66. The molecule has 1 rings (SSSR count). The normalized spacial score (nSPS) is 22.3. The molecule has 1 heterocycles. The monoisotopic (exact) mass is 272 g/mol. The molecule has 108 valence electrons. The van der Waals surface area contributed by atoms with Gasteiger partial charge < -0.3 is 5.32 Å². The van der Waals surface area contributed by atoms with Gasteiger partial charge in [-0.25, -0.2) is 0 Å². The molecule has 0 bridgehead atoms. The molecule has 1 unspecified atom stereocenters. The molecule has 0 aromatic heterocycles. The summed E-state index contributed by atoms with van der Waals surface area (Å²) in [4.78, 5) is 2.61. The van der Waals surface area contributed by atoms with Crippen molar-refractivity contribution in [2.24, 2.45) is 5.92 Å². The van der Waals surface area contributed by atoms with E-state index in [1.165, 1.54) is 38.2 Å². The topological polar surface area (TPSA) is 15.3 Å². The first-order valence-corrected chi connectivity index (χ1v) is 8.47. The van der Waals surface area contributed by atoms with Gasteiger partial charge in [0.05, 0.1) is 0 Å². The van der Waals surface area contributed by atoms with Crippen LogP contribution in [0, 0.1) is 5.92 Å². The maximum atomic E-state index is 3.66. The maximum Gasteiger partial charge on any atom is 0.0231 e. The van der Waals surface area contributed by atoms with Gasteiger partial charge in [0.15, 0.2) is 0 Å². The Hall–Kier alpha value is 0.270. The van der Waals surface area contributed by atoms with Crippen molar-refractivity contribution >= 4 is 11.8 Å². The third-order valence-electron chi connectivity index (χ3n) is 3.60. The smallest absolute Gasteiger partial charge is 0.0231 e. The van der Waals surface area contributed by atoms with E-state index in [4.69, 9.17) is 0 Å². The van der Waals surface area contributed by atoms with Gasteiger partial charge in [-0.05, 0) is 39.5 Å². The predicted molar refractivity (Wildman–Crippen MR) is 84.5 cm³/mol. The van der Waals surface area contributed by atoms with Crippen LogP contribution in [0.25, 0.3) is 0 Å². The average molecular weight is 273 g/mol. The lowest BCUT2D eigenvalue weighted by Gasteiger charge is -2.37. The molecule has 1 fully saturated rings. The third-order valence-corrected chi connectivity index (χ3v) is 4.90. The minimum absolute atomic E-state index is 0.446. The molecule has 0 spiro atoms. The van der Waals surface area contributed by atoms with Gasteiger partial charge in [0.1, 0.15) is 0 Å². The molecule has 1 N–H and O–H groups in total. The van der Waals surface area contributed by atoms with E-state index >= 15 is 0 Å². The summed E-state index contributed by atoms with van der Waals surface area (Å²) in [5, 5.41) is 3.66.